The number of benzene rings is 2. The van der Waals surface area contributed by atoms with E-state index in [1.807, 2.05) is 36.4 Å². The quantitative estimate of drug-likeness (QED) is 0.486. The summed E-state index contributed by atoms with van der Waals surface area (Å²) >= 11 is 11.3. The summed E-state index contributed by atoms with van der Waals surface area (Å²) in [5, 5.41) is 10.7. The van der Waals surface area contributed by atoms with Gasteiger partial charge in [-0.1, -0.05) is 36.7 Å². The summed E-state index contributed by atoms with van der Waals surface area (Å²) in [4.78, 5) is 29.4. The third-order valence-corrected chi connectivity index (χ3v) is 6.48. The molecule has 34 heavy (non-hydrogen) atoms. The first-order valence-electron chi connectivity index (χ1n) is 11.2. The molecular formula is C24H27ClN6O2S. The minimum absolute atomic E-state index is 0.0336. The Morgan fingerprint density at radius 1 is 1.06 bits per heavy atom. The van der Waals surface area contributed by atoms with Crippen LogP contribution in [0.25, 0.3) is 11.4 Å². The first-order chi connectivity index (χ1) is 16.4. The number of H-pyrrole nitrogens is 1. The summed E-state index contributed by atoms with van der Waals surface area (Å²) in [6.45, 7) is 4.84. The second kappa shape index (κ2) is 10.9. The number of piperazine rings is 1. The van der Waals surface area contributed by atoms with E-state index in [9.17, 15) is 9.59 Å². The maximum Gasteiger partial charge on any atom is 0.242 e. The molecule has 1 fully saturated rings. The zero-order chi connectivity index (χ0) is 24.1. The molecule has 2 N–H and O–H groups in total. The van der Waals surface area contributed by atoms with Crippen LogP contribution in [0.3, 0.4) is 0 Å². The van der Waals surface area contributed by atoms with Gasteiger partial charge in [-0.3, -0.25) is 24.2 Å². The SMILES string of the molecule is CCc1ccccc1NC(=O)CN1CCN(C(=O)Cn2c(-c3ccc(Cl)cc3)n[nH]c2=S)CC1. The minimum Gasteiger partial charge on any atom is -0.339 e. The Labute approximate surface area is 208 Å². The standard InChI is InChI=1S/C24H27ClN6O2S/c1-2-17-5-3-4-6-20(17)26-21(32)15-29-11-13-30(14-12-29)22(33)16-31-23(27-28-24(31)34)18-7-9-19(25)10-8-18/h3-10H,2,11-16H2,1H3,(H,26,32)(H,28,34). The molecule has 2 heterocycles. The average molecular weight is 499 g/mol. The molecule has 4 rings (SSSR count). The van der Waals surface area contributed by atoms with E-state index in [2.05, 4.69) is 27.3 Å². The molecule has 1 aromatic heterocycles. The lowest BCUT2D eigenvalue weighted by Crippen LogP contribution is -2.51. The number of amides is 2. The topological polar surface area (TPSA) is 86.3 Å². The third kappa shape index (κ3) is 5.72. The van der Waals surface area contributed by atoms with Crippen LogP contribution in [0.15, 0.2) is 48.5 Å². The van der Waals surface area contributed by atoms with Gasteiger partial charge < -0.3 is 10.2 Å². The maximum atomic E-state index is 13.0. The number of carbonyl (C=O) groups excluding carboxylic acids is 2. The van der Waals surface area contributed by atoms with Gasteiger partial charge in [0.05, 0.1) is 6.54 Å². The second-order valence-electron chi connectivity index (χ2n) is 8.16. The molecule has 0 atom stereocenters. The highest BCUT2D eigenvalue weighted by molar-refractivity contribution is 7.71. The molecule has 0 bridgehead atoms. The van der Waals surface area contributed by atoms with Crippen molar-refractivity contribution in [3.05, 3.63) is 63.9 Å². The fourth-order valence-corrected chi connectivity index (χ4v) is 4.34. The predicted molar refractivity (Wildman–Crippen MR) is 135 cm³/mol. The highest BCUT2D eigenvalue weighted by atomic mass is 35.5. The Kier molecular flexibility index (Phi) is 7.77. The number of aromatic amines is 1. The van der Waals surface area contributed by atoms with Crippen LogP contribution in [0.2, 0.25) is 5.02 Å². The van der Waals surface area contributed by atoms with Crippen molar-refractivity contribution in [3.63, 3.8) is 0 Å². The zero-order valence-electron chi connectivity index (χ0n) is 19.0. The minimum atomic E-state index is -0.0435. The van der Waals surface area contributed by atoms with Gasteiger partial charge in [-0.2, -0.15) is 5.10 Å². The number of para-hydroxylation sites is 1. The number of nitrogens with one attached hydrogen (secondary N) is 2. The number of aryl methyl sites for hydroxylation is 1. The van der Waals surface area contributed by atoms with Gasteiger partial charge in [-0.05, 0) is 54.5 Å². The predicted octanol–water partition coefficient (Wildman–Crippen LogP) is 3.61. The van der Waals surface area contributed by atoms with Gasteiger partial charge in [0, 0.05) is 42.5 Å². The molecule has 0 radical (unpaired) electrons. The van der Waals surface area contributed by atoms with Crippen molar-refractivity contribution in [2.45, 2.75) is 19.9 Å². The first kappa shape index (κ1) is 24.1. The van der Waals surface area contributed by atoms with E-state index in [0.29, 0.717) is 48.3 Å². The summed E-state index contributed by atoms with van der Waals surface area (Å²) < 4.78 is 2.09. The van der Waals surface area contributed by atoms with Crippen molar-refractivity contribution in [2.75, 3.05) is 38.0 Å². The molecule has 0 unspecified atom stereocenters. The molecule has 1 saturated heterocycles. The highest BCUT2D eigenvalue weighted by Gasteiger charge is 2.24. The monoisotopic (exact) mass is 498 g/mol. The van der Waals surface area contributed by atoms with Crippen LogP contribution in [0.1, 0.15) is 12.5 Å². The van der Waals surface area contributed by atoms with E-state index in [0.717, 1.165) is 23.2 Å². The van der Waals surface area contributed by atoms with E-state index < -0.39 is 0 Å². The molecule has 8 nitrogen and oxygen atoms in total. The van der Waals surface area contributed by atoms with E-state index in [-0.39, 0.29) is 18.4 Å². The molecule has 2 amide bonds. The van der Waals surface area contributed by atoms with Gasteiger partial charge in [0.1, 0.15) is 6.54 Å². The summed E-state index contributed by atoms with van der Waals surface area (Å²) in [5.74, 6) is 0.518. The molecule has 1 aliphatic heterocycles. The van der Waals surface area contributed by atoms with Crippen molar-refractivity contribution in [3.8, 4) is 11.4 Å². The lowest BCUT2D eigenvalue weighted by atomic mass is 10.1. The van der Waals surface area contributed by atoms with Crippen LogP contribution in [0.4, 0.5) is 5.69 Å². The molecule has 3 aromatic rings. The summed E-state index contributed by atoms with van der Waals surface area (Å²) in [6.07, 6.45) is 0.859. The molecule has 1 aliphatic rings. The summed E-state index contributed by atoms with van der Waals surface area (Å²) in [6, 6.07) is 15.1. The normalized spacial score (nSPS) is 14.2. The molecule has 178 valence electrons. The van der Waals surface area contributed by atoms with Gasteiger partial charge in [0.15, 0.2) is 10.6 Å². The number of rotatable bonds is 7. The number of aromatic nitrogens is 3. The third-order valence-electron chi connectivity index (χ3n) is 5.92. The molecule has 2 aromatic carbocycles. The summed E-state index contributed by atoms with van der Waals surface area (Å²) in [5.41, 5.74) is 2.80. The Hall–Kier alpha value is -3.01. The Morgan fingerprint density at radius 2 is 1.76 bits per heavy atom. The molecule has 10 heteroatoms. The molecule has 0 spiro atoms. The first-order valence-corrected chi connectivity index (χ1v) is 12.0. The lowest BCUT2D eigenvalue weighted by molar-refractivity contribution is -0.133. The van der Waals surface area contributed by atoms with Crippen molar-refractivity contribution in [1.29, 1.82) is 0 Å². The maximum absolute atomic E-state index is 13.0. The van der Waals surface area contributed by atoms with Crippen molar-refractivity contribution >= 4 is 41.3 Å². The van der Waals surface area contributed by atoms with Crippen LogP contribution in [0, 0.1) is 4.77 Å². The number of anilines is 1. The van der Waals surface area contributed by atoms with Gasteiger partial charge in [-0.25, -0.2) is 0 Å². The zero-order valence-corrected chi connectivity index (χ0v) is 20.5. The van der Waals surface area contributed by atoms with Crippen molar-refractivity contribution in [2.24, 2.45) is 0 Å². The van der Waals surface area contributed by atoms with E-state index in [1.165, 1.54) is 0 Å². The van der Waals surface area contributed by atoms with Crippen molar-refractivity contribution < 1.29 is 9.59 Å². The Balaban J connectivity index is 1.31. The molecular weight excluding hydrogens is 472 g/mol. The number of hydrogen-bond acceptors (Lipinski definition) is 5. The molecule has 0 aliphatic carbocycles. The van der Waals surface area contributed by atoms with Crippen LogP contribution in [-0.2, 0) is 22.6 Å². The lowest BCUT2D eigenvalue weighted by Gasteiger charge is -2.34. The van der Waals surface area contributed by atoms with E-state index in [1.54, 1.807) is 21.6 Å². The largest absolute Gasteiger partial charge is 0.339 e. The number of carbonyl (C=O) groups is 2. The van der Waals surface area contributed by atoms with Crippen LogP contribution in [-0.4, -0.2) is 69.1 Å². The van der Waals surface area contributed by atoms with Gasteiger partial charge in [-0.15, -0.1) is 0 Å². The van der Waals surface area contributed by atoms with Crippen LogP contribution < -0.4 is 5.32 Å². The van der Waals surface area contributed by atoms with Crippen LogP contribution >= 0.6 is 23.8 Å². The number of hydrogen-bond donors (Lipinski definition) is 2. The smallest absolute Gasteiger partial charge is 0.242 e. The van der Waals surface area contributed by atoms with Gasteiger partial charge in [0.25, 0.3) is 0 Å². The Morgan fingerprint density at radius 3 is 2.47 bits per heavy atom. The van der Waals surface area contributed by atoms with E-state index in [4.69, 9.17) is 23.8 Å². The van der Waals surface area contributed by atoms with Crippen molar-refractivity contribution in [1.82, 2.24) is 24.6 Å². The highest BCUT2D eigenvalue weighted by Crippen LogP contribution is 2.20. The summed E-state index contributed by atoms with van der Waals surface area (Å²) in [7, 11) is 0. The van der Waals surface area contributed by atoms with E-state index >= 15 is 0 Å². The number of halogens is 1. The molecule has 0 saturated carbocycles. The van der Waals surface area contributed by atoms with Gasteiger partial charge in [0.2, 0.25) is 11.8 Å². The Bertz CT molecular complexity index is 1210. The average Bonchev–Trinajstić information content (AvgIpc) is 3.20. The van der Waals surface area contributed by atoms with Gasteiger partial charge >= 0.3 is 0 Å². The fourth-order valence-electron chi connectivity index (χ4n) is 4.02. The fraction of sp³-hybridized carbons (Fsp3) is 0.333. The van der Waals surface area contributed by atoms with Crippen LogP contribution in [0.5, 0.6) is 0 Å². The second-order valence-corrected chi connectivity index (χ2v) is 8.98. The number of nitrogens with zero attached hydrogens (tertiary/aromatic N) is 4.